The molecule has 13 heteroatoms. The summed E-state index contributed by atoms with van der Waals surface area (Å²) < 4.78 is 118. The van der Waals surface area contributed by atoms with Gasteiger partial charge in [-0.2, -0.15) is 17.6 Å². The Balaban J connectivity index is 1.34. The molecule has 0 radical (unpaired) electrons. The van der Waals surface area contributed by atoms with Crippen molar-refractivity contribution in [1.82, 2.24) is 4.57 Å². The highest BCUT2D eigenvalue weighted by Gasteiger charge is 2.43. The van der Waals surface area contributed by atoms with Gasteiger partial charge in [0, 0.05) is 39.3 Å². The summed E-state index contributed by atoms with van der Waals surface area (Å²) in [5, 5.41) is 2.46. The van der Waals surface area contributed by atoms with Gasteiger partial charge in [0.2, 0.25) is 0 Å². The molecule has 2 heterocycles. The minimum Gasteiger partial charge on any atom is -0.486 e. The highest BCUT2D eigenvalue weighted by molar-refractivity contribution is 6.27. The van der Waals surface area contributed by atoms with Gasteiger partial charge < -0.3 is 14.0 Å². The fourth-order valence-corrected chi connectivity index (χ4v) is 6.46. The fourth-order valence-electron chi connectivity index (χ4n) is 6.46. The second-order valence-electron chi connectivity index (χ2n) is 12.1. The molecule has 1 aliphatic heterocycles. The van der Waals surface area contributed by atoms with Gasteiger partial charge in [-0.3, -0.25) is 9.59 Å². The number of halogens is 8. The van der Waals surface area contributed by atoms with Crippen molar-refractivity contribution < 1.29 is 54.2 Å². The summed E-state index contributed by atoms with van der Waals surface area (Å²) in [4.78, 5) is 28.0. The van der Waals surface area contributed by atoms with E-state index in [0.717, 1.165) is 22.0 Å². The quantitative estimate of drug-likeness (QED) is 0.0938. The van der Waals surface area contributed by atoms with Crippen LogP contribution in [0.2, 0.25) is 0 Å². The van der Waals surface area contributed by atoms with Gasteiger partial charge in [-0.15, -0.1) is 0 Å². The van der Waals surface area contributed by atoms with Crippen LogP contribution in [0, 0.1) is 0 Å². The van der Waals surface area contributed by atoms with E-state index in [2.05, 4.69) is 4.57 Å². The molecule has 0 saturated carbocycles. The first-order valence-corrected chi connectivity index (χ1v) is 15.6. The Morgan fingerprint density at radius 3 is 1.84 bits per heavy atom. The summed E-state index contributed by atoms with van der Waals surface area (Å²) >= 11 is 0. The Morgan fingerprint density at radius 2 is 1.24 bits per heavy atom. The predicted octanol–water partition coefficient (Wildman–Crippen LogP) is 9.52. The van der Waals surface area contributed by atoms with E-state index in [0.29, 0.717) is 29.1 Å². The molecule has 262 valence electrons. The Hall–Kier alpha value is -5.46. The number of hydrogen-bond donors (Lipinski definition) is 0. The third-order valence-electron chi connectivity index (χ3n) is 8.92. The number of alkyl halides is 8. The molecular formula is C38H25F8NO4. The number of ether oxygens (including phenoxy) is 2. The number of nitrogens with zero attached hydrogens (tertiary/aromatic N) is 1. The van der Waals surface area contributed by atoms with Crippen LogP contribution in [0.3, 0.4) is 0 Å². The van der Waals surface area contributed by atoms with Crippen LogP contribution >= 0.6 is 0 Å². The lowest BCUT2D eigenvalue weighted by molar-refractivity contribution is -0.148. The second kappa shape index (κ2) is 12.7. The number of para-hydroxylation sites is 2. The molecule has 1 aromatic heterocycles. The van der Waals surface area contributed by atoms with E-state index in [-0.39, 0.29) is 33.8 Å². The average molecular weight is 712 g/mol. The molecule has 0 amide bonds. The van der Waals surface area contributed by atoms with Gasteiger partial charge in [-0.25, -0.2) is 17.6 Å². The number of aryl methyl sites for hydroxylation is 2. The summed E-state index contributed by atoms with van der Waals surface area (Å²) in [6.45, 7) is -2.72. The molecular weight excluding hydrogens is 686 g/mol. The van der Waals surface area contributed by atoms with Crippen LogP contribution < -0.4 is 9.47 Å². The van der Waals surface area contributed by atoms with Crippen LogP contribution in [0.25, 0.3) is 32.6 Å². The van der Waals surface area contributed by atoms with Gasteiger partial charge in [0.1, 0.15) is 11.5 Å². The second-order valence-corrected chi connectivity index (χ2v) is 12.1. The van der Waals surface area contributed by atoms with Crippen molar-refractivity contribution in [3.8, 4) is 11.5 Å². The van der Waals surface area contributed by atoms with Crippen molar-refractivity contribution in [2.24, 2.45) is 0 Å². The van der Waals surface area contributed by atoms with E-state index in [1.165, 1.54) is 48.5 Å². The molecule has 6 aromatic rings. The Morgan fingerprint density at radius 1 is 0.647 bits per heavy atom. The number of ketones is 2. The molecule has 5 nitrogen and oxygen atoms in total. The number of hydrogen-bond acceptors (Lipinski definition) is 4. The molecule has 0 bridgehead atoms. The topological polar surface area (TPSA) is 57.5 Å². The summed E-state index contributed by atoms with van der Waals surface area (Å²) in [6, 6.07) is 22.8. The molecule has 51 heavy (non-hydrogen) atoms. The lowest BCUT2D eigenvalue weighted by atomic mass is 9.90. The molecule has 0 spiro atoms. The first-order valence-electron chi connectivity index (χ1n) is 15.6. The maximum absolute atomic E-state index is 14.2. The summed E-state index contributed by atoms with van der Waals surface area (Å²) in [7, 11) is 0. The Labute approximate surface area is 284 Å². The average Bonchev–Trinajstić information content (AvgIpc) is 3.45. The zero-order valence-corrected chi connectivity index (χ0v) is 26.2. The lowest BCUT2D eigenvalue weighted by Crippen LogP contribution is -2.34. The maximum Gasteiger partial charge on any atom is 0.340 e. The Bertz CT molecular complexity index is 2350. The first-order chi connectivity index (χ1) is 24.3. The van der Waals surface area contributed by atoms with Gasteiger partial charge in [0.15, 0.2) is 24.8 Å². The van der Waals surface area contributed by atoms with Crippen LogP contribution in [0.4, 0.5) is 35.1 Å². The van der Waals surface area contributed by atoms with Gasteiger partial charge in [-0.1, -0.05) is 42.5 Å². The predicted molar refractivity (Wildman–Crippen MR) is 173 cm³/mol. The normalized spacial score (nSPS) is 13.2. The van der Waals surface area contributed by atoms with E-state index < -0.39 is 49.5 Å². The van der Waals surface area contributed by atoms with E-state index >= 15 is 0 Å². The zero-order chi connectivity index (χ0) is 36.2. The van der Waals surface area contributed by atoms with Crippen LogP contribution in [0.1, 0.15) is 37.4 Å². The van der Waals surface area contributed by atoms with E-state index in [1.54, 1.807) is 36.4 Å². The number of carbonyl (C=O) groups excluding carboxylic acids is 2. The van der Waals surface area contributed by atoms with Crippen molar-refractivity contribution in [2.45, 2.75) is 37.7 Å². The van der Waals surface area contributed by atoms with Gasteiger partial charge >= 0.3 is 24.7 Å². The highest BCUT2D eigenvalue weighted by Crippen LogP contribution is 2.42. The largest absolute Gasteiger partial charge is 0.486 e. The molecule has 0 unspecified atom stereocenters. The summed E-state index contributed by atoms with van der Waals surface area (Å²) in [6.07, 6.45) is -7.34. The van der Waals surface area contributed by atoms with Crippen molar-refractivity contribution in [2.75, 3.05) is 13.2 Å². The van der Waals surface area contributed by atoms with Gasteiger partial charge in [-0.05, 0) is 65.9 Å². The van der Waals surface area contributed by atoms with Crippen LogP contribution in [0.15, 0.2) is 91.0 Å². The summed E-state index contributed by atoms with van der Waals surface area (Å²) in [5.41, 5.74) is 2.48. The molecule has 1 aliphatic rings. The van der Waals surface area contributed by atoms with Crippen LogP contribution in [-0.2, 0) is 13.0 Å². The number of aromatic nitrogens is 1. The van der Waals surface area contributed by atoms with Crippen molar-refractivity contribution in [3.05, 3.63) is 119 Å². The number of carbonyl (C=O) groups is 2. The Kier molecular flexibility index (Phi) is 8.47. The zero-order valence-electron chi connectivity index (χ0n) is 26.2. The third kappa shape index (κ3) is 5.93. The standard InChI is InChI=1S/C38H25F8NO4/c39-35(40)37(43,44)18-50-29-10-3-1-7-23(29)33(48)21-12-13-28-25(16-21)26-17-27(22-9-5-6-20-14-15-47(28)32(26)31(20)22)34(49)24-8-2-4-11-30(24)51-19-38(45,46)36(41)42/h1-13,16-17,35-36H,14-15,18-19H2. The molecule has 7 rings (SSSR count). The van der Waals surface area contributed by atoms with E-state index in [9.17, 15) is 44.7 Å². The van der Waals surface area contributed by atoms with E-state index in [1.807, 2.05) is 6.07 Å². The lowest BCUT2D eigenvalue weighted by Gasteiger charge is -2.20. The molecule has 0 atom stereocenters. The minimum atomic E-state index is -4.45. The monoisotopic (exact) mass is 711 g/mol. The first kappa shape index (κ1) is 34.0. The highest BCUT2D eigenvalue weighted by atomic mass is 19.3. The van der Waals surface area contributed by atoms with Gasteiger partial charge in [0.25, 0.3) is 0 Å². The molecule has 0 aliphatic carbocycles. The fraction of sp³-hybridized carbons (Fsp3) is 0.211. The van der Waals surface area contributed by atoms with Crippen molar-refractivity contribution in [3.63, 3.8) is 0 Å². The molecule has 0 saturated heterocycles. The van der Waals surface area contributed by atoms with Gasteiger partial charge in [0.05, 0.1) is 16.6 Å². The number of benzene rings is 5. The number of fused-ring (bicyclic) bond motifs is 3. The third-order valence-corrected chi connectivity index (χ3v) is 8.92. The van der Waals surface area contributed by atoms with Crippen LogP contribution in [-0.4, -0.2) is 54.0 Å². The number of rotatable bonds is 12. The maximum atomic E-state index is 14.2. The smallest absolute Gasteiger partial charge is 0.340 e. The molecule has 5 aromatic carbocycles. The molecule has 0 fully saturated rings. The SMILES string of the molecule is O=C(c1ccc2c(c1)c1cc(C(=O)c3ccccc3OCC(F)(F)C(F)F)c3cccc4c3c1n2CC4)c1ccccc1OCC(F)(F)C(F)F. The minimum absolute atomic E-state index is 0.123. The van der Waals surface area contributed by atoms with Crippen LogP contribution in [0.5, 0.6) is 11.5 Å². The van der Waals surface area contributed by atoms with Crippen molar-refractivity contribution in [1.29, 1.82) is 0 Å². The van der Waals surface area contributed by atoms with Crippen molar-refractivity contribution >= 4 is 44.1 Å². The van der Waals surface area contributed by atoms with E-state index in [4.69, 9.17) is 9.47 Å². The molecule has 0 N–H and O–H groups in total. The summed E-state index contributed by atoms with van der Waals surface area (Å²) in [5.74, 6) is -10.7.